The smallest absolute Gasteiger partial charge is 0.127 e. The third kappa shape index (κ3) is 7.56. The molecule has 22 heavy (non-hydrogen) atoms. The van der Waals surface area contributed by atoms with Gasteiger partial charge in [0.15, 0.2) is 0 Å². The summed E-state index contributed by atoms with van der Waals surface area (Å²) in [6, 6.07) is 6.23. The minimum Gasteiger partial charge on any atom is -0.373 e. The number of anilines is 1. The SMILES string of the molecule is C=C(NCC)NCC(C)CCC(C)Nc1cccc(SN)n1. The molecule has 2 unspecified atom stereocenters. The van der Waals surface area contributed by atoms with Gasteiger partial charge in [-0.1, -0.05) is 19.6 Å². The highest BCUT2D eigenvalue weighted by molar-refractivity contribution is 7.97. The van der Waals surface area contributed by atoms with Crippen molar-refractivity contribution in [2.75, 3.05) is 18.4 Å². The van der Waals surface area contributed by atoms with E-state index in [1.165, 1.54) is 11.9 Å². The summed E-state index contributed by atoms with van der Waals surface area (Å²) in [7, 11) is 0. The topological polar surface area (TPSA) is 75.0 Å². The van der Waals surface area contributed by atoms with Crippen molar-refractivity contribution in [3.63, 3.8) is 0 Å². The van der Waals surface area contributed by atoms with Crippen molar-refractivity contribution in [2.45, 2.75) is 44.7 Å². The molecular formula is C16H29N5S. The molecule has 1 heterocycles. The maximum Gasteiger partial charge on any atom is 0.127 e. The minimum atomic E-state index is 0.380. The van der Waals surface area contributed by atoms with Crippen LogP contribution in [0.1, 0.15) is 33.6 Å². The zero-order chi connectivity index (χ0) is 16.4. The summed E-state index contributed by atoms with van der Waals surface area (Å²) >= 11 is 1.17. The van der Waals surface area contributed by atoms with Gasteiger partial charge in [-0.05, 0) is 56.7 Å². The number of nitrogens with one attached hydrogen (secondary N) is 3. The molecule has 1 rings (SSSR count). The summed E-state index contributed by atoms with van der Waals surface area (Å²) in [6.45, 7) is 12.3. The Morgan fingerprint density at radius 3 is 2.77 bits per heavy atom. The van der Waals surface area contributed by atoms with Gasteiger partial charge in [-0.15, -0.1) is 0 Å². The van der Waals surface area contributed by atoms with Crippen LogP contribution in [0.2, 0.25) is 0 Å². The van der Waals surface area contributed by atoms with Crippen LogP contribution in [0.5, 0.6) is 0 Å². The van der Waals surface area contributed by atoms with E-state index in [0.717, 1.165) is 42.6 Å². The third-order valence-electron chi connectivity index (χ3n) is 3.39. The zero-order valence-corrected chi connectivity index (χ0v) is 14.7. The Labute approximate surface area is 138 Å². The Hall–Kier alpha value is -1.40. The van der Waals surface area contributed by atoms with Crippen LogP contribution in [0.4, 0.5) is 5.82 Å². The van der Waals surface area contributed by atoms with Crippen molar-refractivity contribution in [3.8, 4) is 0 Å². The third-order valence-corrected chi connectivity index (χ3v) is 3.85. The molecule has 0 spiro atoms. The number of aromatic nitrogens is 1. The molecule has 0 fully saturated rings. The highest BCUT2D eigenvalue weighted by Gasteiger charge is 2.08. The molecule has 5 N–H and O–H groups in total. The van der Waals surface area contributed by atoms with Crippen molar-refractivity contribution in [1.82, 2.24) is 15.6 Å². The second kappa shape index (κ2) is 10.3. The number of pyridine rings is 1. The van der Waals surface area contributed by atoms with Gasteiger partial charge >= 0.3 is 0 Å². The molecule has 0 aliphatic rings. The first-order valence-electron chi connectivity index (χ1n) is 7.82. The van der Waals surface area contributed by atoms with Crippen molar-refractivity contribution in [1.29, 1.82) is 0 Å². The second-order valence-electron chi connectivity index (χ2n) is 5.60. The first kappa shape index (κ1) is 18.6. The summed E-state index contributed by atoms with van der Waals surface area (Å²) in [5.74, 6) is 2.38. The molecule has 0 aliphatic heterocycles. The highest BCUT2D eigenvalue weighted by Crippen LogP contribution is 2.15. The quantitative estimate of drug-likeness (QED) is 0.469. The van der Waals surface area contributed by atoms with Gasteiger partial charge in [0.2, 0.25) is 0 Å². The van der Waals surface area contributed by atoms with E-state index >= 15 is 0 Å². The highest BCUT2D eigenvalue weighted by atomic mass is 32.2. The Balaban J connectivity index is 2.27. The van der Waals surface area contributed by atoms with Gasteiger partial charge in [0.25, 0.3) is 0 Å². The fourth-order valence-electron chi connectivity index (χ4n) is 2.10. The Morgan fingerprint density at radius 1 is 1.32 bits per heavy atom. The van der Waals surface area contributed by atoms with E-state index in [9.17, 15) is 0 Å². The number of hydrogen-bond acceptors (Lipinski definition) is 6. The van der Waals surface area contributed by atoms with Gasteiger partial charge in [0.1, 0.15) is 10.8 Å². The Bertz CT molecular complexity index is 452. The molecule has 1 aromatic heterocycles. The molecule has 0 saturated carbocycles. The van der Waals surface area contributed by atoms with Crippen LogP contribution in [0.3, 0.4) is 0 Å². The van der Waals surface area contributed by atoms with Gasteiger partial charge in [0, 0.05) is 19.1 Å². The first-order valence-corrected chi connectivity index (χ1v) is 8.70. The Kier molecular flexibility index (Phi) is 8.77. The molecule has 0 aliphatic carbocycles. The van der Waals surface area contributed by atoms with Crippen LogP contribution in [-0.2, 0) is 0 Å². The summed E-state index contributed by atoms with van der Waals surface area (Å²) in [4.78, 5) is 4.43. The van der Waals surface area contributed by atoms with Gasteiger partial charge in [0.05, 0.1) is 5.82 Å². The van der Waals surface area contributed by atoms with E-state index in [-0.39, 0.29) is 0 Å². The van der Waals surface area contributed by atoms with E-state index in [0.29, 0.717) is 12.0 Å². The molecule has 0 aromatic carbocycles. The molecule has 6 heteroatoms. The minimum absolute atomic E-state index is 0.380. The van der Waals surface area contributed by atoms with Crippen LogP contribution >= 0.6 is 11.9 Å². The lowest BCUT2D eigenvalue weighted by molar-refractivity contribution is 0.465. The van der Waals surface area contributed by atoms with Crippen LogP contribution in [0.15, 0.2) is 35.6 Å². The molecule has 124 valence electrons. The number of rotatable bonds is 11. The normalized spacial score (nSPS) is 13.3. The van der Waals surface area contributed by atoms with Crippen LogP contribution in [-0.4, -0.2) is 24.1 Å². The number of hydrogen-bond donors (Lipinski definition) is 4. The van der Waals surface area contributed by atoms with Crippen LogP contribution in [0.25, 0.3) is 0 Å². The average Bonchev–Trinajstić information content (AvgIpc) is 2.51. The van der Waals surface area contributed by atoms with Crippen LogP contribution in [0, 0.1) is 5.92 Å². The van der Waals surface area contributed by atoms with E-state index < -0.39 is 0 Å². The monoisotopic (exact) mass is 323 g/mol. The van der Waals surface area contributed by atoms with Gasteiger partial charge in [-0.2, -0.15) is 0 Å². The maximum atomic E-state index is 5.53. The Morgan fingerprint density at radius 2 is 2.09 bits per heavy atom. The molecule has 0 bridgehead atoms. The number of nitrogens with zero attached hydrogens (tertiary/aromatic N) is 1. The molecule has 0 amide bonds. The lowest BCUT2D eigenvalue weighted by Gasteiger charge is -2.19. The zero-order valence-electron chi connectivity index (χ0n) is 13.9. The van der Waals surface area contributed by atoms with Crippen molar-refractivity contribution >= 4 is 17.8 Å². The van der Waals surface area contributed by atoms with Crippen molar-refractivity contribution in [2.24, 2.45) is 11.1 Å². The summed E-state index contributed by atoms with van der Waals surface area (Å²) < 4.78 is 0. The van der Waals surface area contributed by atoms with E-state index in [1.54, 1.807) is 0 Å². The standard InChI is InChI=1S/C16H29N5S/c1-5-18-14(4)19-11-12(2)9-10-13(3)20-15-7-6-8-16(21-15)22-17/h6-8,12-13,18-19H,4-5,9-11,17H2,1-3H3,(H,20,21). The molecule has 1 aromatic rings. The fourth-order valence-corrected chi connectivity index (χ4v) is 2.40. The molecular weight excluding hydrogens is 294 g/mol. The molecule has 2 atom stereocenters. The van der Waals surface area contributed by atoms with E-state index in [1.807, 2.05) is 18.2 Å². The first-order chi connectivity index (χ1) is 10.5. The van der Waals surface area contributed by atoms with Gasteiger partial charge in [-0.3, -0.25) is 5.14 Å². The van der Waals surface area contributed by atoms with E-state index in [4.69, 9.17) is 5.14 Å². The number of nitrogens with two attached hydrogens (primary N) is 1. The predicted octanol–water partition coefficient (Wildman–Crippen LogP) is 2.93. The van der Waals surface area contributed by atoms with Gasteiger partial charge < -0.3 is 16.0 Å². The molecule has 0 saturated heterocycles. The average molecular weight is 324 g/mol. The predicted molar refractivity (Wildman–Crippen MR) is 96.6 cm³/mol. The van der Waals surface area contributed by atoms with Crippen molar-refractivity contribution in [3.05, 3.63) is 30.6 Å². The fraction of sp³-hybridized carbons (Fsp3) is 0.562. The molecule has 5 nitrogen and oxygen atoms in total. The summed E-state index contributed by atoms with van der Waals surface area (Å²) in [5, 5.41) is 16.3. The van der Waals surface area contributed by atoms with Crippen molar-refractivity contribution < 1.29 is 0 Å². The van der Waals surface area contributed by atoms with Gasteiger partial charge in [-0.25, -0.2) is 4.98 Å². The lowest BCUT2D eigenvalue weighted by atomic mass is 10.0. The summed E-state index contributed by atoms with van der Waals surface area (Å²) in [5.41, 5.74) is 0. The van der Waals surface area contributed by atoms with E-state index in [2.05, 4.69) is 48.3 Å². The molecule has 0 radical (unpaired) electrons. The lowest BCUT2D eigenvalue weighted by Crippen LogP contribution is -2.29. The maximum absolute atomic E-state index is 5.53. The second-order valence-corrected chi connectivity index (χ2v) is 6.25. The van der Waals surface area contributed by atoms with Crippen LogP contribution < -0.4 is 21.1 Å². The largest absolute Gasteiger partial charge is 0.373 e. The summed E-state index contributed by atoms with van der Waals surface area (Å²) in [6.07, 6.45) is 2.24.